The van der Waals surface area contributed by atoms with Gasteiger partial charge in [0.05, 0.1) is 0 Å². The third kappa shape index (κ3) is 2.70. The number of aromatic hydroxyl groups is 1. The Morgan fingerprint density at radius 2 is 2.05 bits per heavy atom. The van der Waals surface area contributed by atoms with Gasteiger partial charge >= 0.3 is 0 Å². The highest BCUT2D eigenvalue weighted by Crippen LogP contribution is 2.32. The van der Waals surface area contributed by atoms with Crippen molar-refractivity contribution in [2.75, 3.05) is 26.2 Å². The van der Waals surface area contributed by atoms with E-state index in [2.05, 4.69) is 29.7 Å². The molecule has 0 spiro atoms. The number of nitrogens with zero attached hydrogens (tertiary/aromatic N) is 2. The van der Waals surface area contributed by atoms with Crippen LogP contribution in [-0.2, 0) is 0 Å². The minimum absolute atomic E-state index is 0.305. The smallest absolute Gasteiger partial charge is 0.120 e. The predicted octanol–water partition coefficient (Wildman–Crippen LogP) is 2.93. The molecule has 0 saturated carbocycles. The minimum atomic E-state index is 0.305. The largest absolute Gasteiger partial charge is 0.508 e. The molecule has 0 radical (unpaired) electrons. The highest BCUT2D eigenvalue weighted by atomic mass is 16.3. The zero-order valence-electron chi connectivity index (χ0n) is 12.7. The fourth-order valence-corrected chi connectivity index (χ4v) is 3.74. The molecule has 20 heavy (non-hydrogen) atoms. The lowest BCUT2D eigenvalue weighted by molar-refractivity contribution is 0.0303. The molecule has 2 fully saturated rings. The molecule has 3 rings (SSSR count). The van der Waals surface area contributed by atoms with E-state index in [1.165, 1.54) is 37.9 Å². The number of piperidine rings is 1. The number of benzene rings is 1. The van der Waals surface area contributed by atoms with Crippen molar-refractivity contribution in [2.45, 2.75) is 45.2 Å². The van der Waals surface area contributed by atoms with Crippen molar-refractivity contribution in [2.24, 2.45) is 0 Å². The highest BCUT2D eigenvalue weighted by Gasteiger charge is 2.31. The number of fused-ring (bicyclic) bond motifs is 1. The number of piperazine rings is 1. The average Bonchev–Trinajstić information content (AvgIpc) is 2.48. The molecule has 3 heteroatoms. The Labute approximate surface area is 122 Å². The lowest BCUT2D eigenvalue weighted by atomic mass is 9.96. The SMILES string of the molecule is Cc1ccc(O)c(C(C)N2CCN3CCCCC3C2)c1. The maximum absolute atomic E-state index is 10.1. The molecule has 0 aromatic heterocycles. The first-order valence-corrected chi connectivity index (χ1v) is 7.93. The second kappa shape index (κ2) is 5.74. The van der Waals surface area contributed by atoms with Gasteiger partial charge in [-0.3, -0.25) is 9.80 Å². The molecule has 3 nitrogen and oxygen atoms in total. The molecule has 2 atom stereocenters. The van der Waals surface area contributed by atoms with Gasteiger partial charge in [0, 0.05) is 37.3 Å². The van der Waals surface area contributed by atoms with Gasteiger partial charge in [0.15, 0.2) is 0 Å². The normalized spacial score (nSPS) is 26.2. The van der Waals surface area contributed by atoms with Crippen LogP contribution in [0.4, 0.5) is 0 Å². The second-order valence-electron chi connectivity index (χ2n) is 6.42. The average molecular weight is 274 g/mol. The number of phenolic OH excluding ortho intramolecular Hbond substituents is 1. The Kier molecular flexibility index (Phi) is 3.99. The van der Waals surface area contributed by atoms with Crippen LogP contribution in [0.15, 0.2) is 18.2 Å². The second-order valence-corrected chi connectivity index (χ2v) is 6.42. The first-order chi connectivity index (χ1) is 9.65. The number of aryl methyl sites for hydroxylation is 1. The van der Waals surface area contributed by atoms with Crippen molar-refractivity contribution in [1.29, 1.82) is 0 Å². The molecule has 1 N–H and O–H groups in total. The van der Waals surface area contributed by atoms with Crippen LogP contribution < -0.4 is 0 Å². The lowest BCUT2D eigenvalue weighted by Gasteiger charge is -2.46. The van der Waals surface area contributed by atoms with Gasteiger partial charge in [-0.15, -0.1) is 0 Å². The lowest BCUT2D eigenvalue weighted by Crippen LogP contribution is -2.55. The van der Waals surface area contributed by atoms with Crippen LogP contribution in [0.5, 0.6) is 5.75 Å². The third-order valence-electron chi connectivity index (χ3n) is 5.05. The first-order valence-electron chi connectivity index (χ1n) is 7.93. The molecule has 0 aliphatic carbocycles. The molecule has 2 aliphatic rings. The van der Waals surface area contributed by atoms with E-state index in [0.29, 0.717) is 11.8 Å². The van der Waals surface area contributed by atoms with Crippen LogP contribution in [0.3, 0.4) is 0 Å². The summed E-state index contributed by atoms with van der Waals surface area (Å²) in [5.41, 5.74) is 2.30. The molecule has 1 aromatic carbocycles. The van der Waals surface area contributed by atoms with E-state index in [-0.39, 0.29) is 0 Å². The van der Waals surface area contributed by atoms with E-state index in [0.717, 1.165) is 24.7 Å². The maximum atomic E-state index is 10.1. The Bertz CT molecular complexity index is 474. The standard InChI is InChI=1S/C17H26N2O/c1-13-6-7-17(20)16(11-13)14(2)19-10-9-18-8-4-3-5-15(18)12-19/h6-7,11,14-15,20H,3-5,8-10,12H2,1-2H3. The molecule has 2 unspecified atom stereocenters. The summed E-state index contributed by atoms with van der Waals surface area (Å²) in [7, 11) is 0. The summed E-state index contributed by atoms with van der Waals surface area (Å²) < 4.78 is 0. The summed E-state index contributed by atoms with van der Waals surface area (Å²) in [5, 5.41) is 10.1. The van der Waals surface area contributed by atoms with Crippen molar-refractivity contribution >= 4 is 0 Å². The number of hydrogen-bond acceptors (Lipinski definition) is 3. The molecular weight excluding hydrogens is 248 g/mol. The van der Waals surface area contributed by atoms with Crippen LogP contribution >= 0.6 is 0 Å². The van der Waals surface area contributed by atoms with Crippen LogP contribution in [-0.4, -0.2) is 47.1 Å². The fourth-order valence-electron chi connectivity index (χ4n) is 3.74. The Hall–Kier alpha value is -1.06. The van der Waals surface area contributed by atoms with Gasteiger partial charge < -0.3 is 5.11 Å². The molecule has 2 aliphatic heterocycles. The van der Waals surface area contributed by atoms with E-state index >= 15 is 0 Å². The van der Waals surface area contributed by atoms with Gasteiger partial charge in [-0.05, 0) is 39.3 Å². The van der Waals surface area contributed by atoms with E-state index in [9.17, 15) is 5.11 Å². The Morgan fingerprint density at radius 3 is 2.90 bits per heavy atom. The van der Waals surface area contributed by atoms with E-state index in [4.69, 9.17) is 0 Å². The van der Waals surface area contributed by atoms with E-state index in [1.807, 2.05) is 12.1 Å². The molecule has 0 amide bonds. The van der Waals surface area contributed by atoms with Crippen LogP contribution in [0, 0.1) is 6.92 Å². The first kappa shape index (κ1) is 13.9. The van der Waals surface area contributed by atoms with Gasteiger partial charge in [-0.2, -0.15) is 0 Å². The van der Waals surface area contributed by atoms with E-state index in [1.54, 1.807) is 0 Å². The van der Waals surface area contributed by atoms with Gasteiger partial charge in [0.2, 0.25) is 0 Å². The van der Waals surface area contributed by atoms with Gasteiger partial charge in [-0.1, -0.05) is 24.1 Å². The number of rotatable bonds is 2. The number of hydrogen-bond donors (Lipinski definition) is 1. The quantitative estimate of drug-likeness (QED) is 0.898. The summed E-state index contributed by atoms with van der Waals surface area (Å²) in [5.74, 6) is 0.439. The predicted molar refractivity (Wildman–Crippen MR) is 82.0 cm³/mol. The van der Waals surface area contributed by atoms with Gasteiger partial charge in [0.1, 0.15) is 5.75 Å². The van der Waals surface area contributed by atoms with Crippen LogP contribution in [0.2, 0.25) is 0 Å². The Balaban J connectivity index is 1.74. The molecule has 2 heterocycles. The summed E-state index contributed by atoms with van der Waals surface area (Å²) in [6, 6.07) is 6.97. The zero-order chi connectivity index (χ0) is 14.1. The maximum Gasteiger partial charge on any atom is 0.120 e. The summed E-state index contributed by atoms with van der Waals surface area (Å²) in [4.78, 5) is 5.20. The van der Waals surface area contributed by atoms with Crippen molar-refractivity contribution < 1.29 is 5.11 Å². The van der Waals surface area contributed by atoms with Crippen molar-refractivity contribution in [1.82, 2.24) is 9.80 Å². The number of phenols is 1. The van der Waals surface area contributed by atoms with E-state index < -0.39 is 0 Å². The summed E-state index contributed by atoms with van der Waals surface area (Å²) >= 11 is 0. The van der Waals surface area contributed by atoms with Gasteiger partial charge in [0.25, 0.3) is 0 Å². The molecular formula is C17H26N2O. The topological polar surface area (TPSA) is 26.7 Å². The van der Waals surface area contributed by atoms with Crippen LogP contribution in [0.25, 0.3) is 0 Å². The summed E-state index contributed by atoms with van der Waals surface area (Å²) in [6.45, 7) is 9.05. The Morgan fingerprint density at radius 1 is 1.20 bits per heavy atom. The minimum Gasteiger partial charge on any atom is -0.508 e. The monoisotopic (exact) mass is 274 g/mol. The molecule has 1 aromatic rings. The van der Waals surface area contributed by atoms with Crippen LogP contribution in [0.1, 0.15) is 43.4 Å². The van der Waals surface area contributed by atoms with Gasteiger partial charge in [-0.25, -0.2) is 0 Å². The fraction of sp³-hybridized carbons (Fsp3) is 0.647. The zero-order valence-corrected chi connectivity index (χ0v) is 12.7. The molecule has 2 saturated heterocycles. The van der Waals surface area contributed by atoms with Crippen molar-refractivity contribution in [3.05, 3.63) is 29.3 Å². The highest BCUT2D eigenvalue weighted by molar-refractivity contribution is 5.37. The molecule has 110 valence electrons. The molecule has 0 bridgehead atoms. The van der Waals surface area contributed by atoms with Crippen molar-refractivity contribution in [3.8, 4) is 5.75 Å². The van der Waals surface area contributed by atoms with Crippen molar-refractivity contribution in [3.63, 3.8) is 0 Å². The third-order valence-corrected chi connectivity index (χ3v) is 5.05. The summed E-state index contributed by atoms with van der Waals surface area (Å²) in [6.07, 6.45) is 4.08.